The van der Waals surface area contributed by atoms with Crippen LogP contribution in [0, 0.1) is 0 Å². The highest BCUT2D eigenvalue weighted by Gasteiger charge is 2.02. The van der Waals surface area contributed by atoms with Crippen LogP contribution in [0.25, 0.3) is 0 Å². The lowest BCUT2D eigenvalue weighted by Crippen LogP contribution is -1.95. The van der Waals surface area contributed by atoms with E-state index in [1.54, 1.807) is 0 Å². The Hall–Kier alpha value is -0.760. The zero-order valence-electron chi connectivity index (χ0n) is 12.1. The van der Waals surface area contributed by atoms with Crippen LogP contribution in [0.2, 0.25) is 0 Å². The van der Waals surface area contributed by atoms with Crippen LogP contribution in [0.4, 0.5) is 0 Å². The number of hydrogen-bond acceptors (Lipinski definition) is 1. The predicted molar refractivity (Wildman–Crippen MR) is 77.7 cm³/mol. The average molecular weight is 251 g/mol. The first kappa shape index (κ1) is 15.3. The van der Waals surface area contributed by atoms with E-state index in [4.69, 9.17) is 0 Å². The second-order valence-electron chi connectivity index (χ2n) is 5.33. The monoisotopic (exact) mass is 251 g/mol. The van der Waals surface area contributed by atoms with Crippen molar-refractivity contribution in [2.45, 2.75) is 77.9 Å². The molecule has 104 valence electrons. The van der Waals surface area contributed by atoms with Crippen molar-refractivity contribution in [1.82, 2.24) is 4.57 Å². The summed E-state index contributed by atoms with van der Waals surface area (Å²) in [5.41, 5.74) is 1.02. The molecule has 0 radical (unpaired) electrons. The van der Waals surface area contributed by atoms with Crippen molar-refractivity contribution in [1.29, 1.82) is 0 Å². The van der Waals surface area contributed by atoms with Crippen LogP contribution in [0.5, 0.6) is 0 Å². The minimum absolute atomic E-state index is 0.343. The van der Waals surface area contributed by atoms with E-state index in [0.29, 0.717) is 0 Å². The first-order valence-corrected chi connectivity index (χ1v) is 7.57. The van der Waals surface area contributed by atoms with Gasteiger partial charge in [0.2, 0.25) is 0 Å². The molecular weight excluding hydrogens is 222 g/mol. The third-order valence-electron chi connectivity index (χ3n) is 3.53. The highest BCUT2D eigenvalue weighted by molar-refractivity contribution is 5.12. The molecule has 1 heterocycles. The lowest BCUT2D eigenvalue weighted by atomic mass is 10.1. The molecule has 18 heavy (non-hydrogen) atoms. The van der Waals surface area contributed by atoms with Crippen molar-refractivity contribution in [3.05, 3.63) is 24.0 Å². The number of hydrogen-bond donors (Lipinski definition) is 1. The molecule has 0 aromatic carbocycles. The molecule has 1 aromatic heterocycles. The minimum Gasteiger partial charge on any atom is -0.389 e. The fourth-order valence-electron chi connectivity index (χ4n) is 2.27. The van der Waals surface area contributed by atoms with Gasteiger partial charge < -0.3 is 9.67 Å². The molecule has 2 heteroatoms. The maximum absolute atomic E-state index is 9.44. The Kier molecular flexibility index (Phi) is 7.83. The first-order chi connectivity index (χ1) is 8.74. The van der Waals surface area contributed by atoms with Gasteiger partial charge in [-0.3, -0.25) is 0 Å². The molecule has 1 rings (SSSR count). The normalized spacial score (nSPS) is 12.8. The SMILES string of the molecule is CCCCCCCCCCn1ccc(C(C)O)c1. The van der Waals surface area contributed by atoms with Crippen LogP contribution in [0.1, 0.15) is 76.9 Å². The number of unbranched alkanes of at least 4 members (excludes halogenated alkanes) is 7. The quantitative estimate of drug-likeness (QED) is 0.600. The van der Waals surface area contributed by atoms with Crippen molar-refractivity contribution in [3.63, 3.8) is 0 Å². The highest BCUT2D eigenvalue weighted by atomic mass is 16.3. The van der Waals surface area contributed by atoms with Gasteiger partial charge in [-0.2, -0.15) is 0 Å². The Bertz CT molecular complexity index is 304. The molecular formula is C16H29NO. The summed E-state index contributed by atoms with van der Waals surface area (Å²) < 4.78 is 2.19. The van der Waals surface area contributed by atoms with Gasteiger partial charge in [0.25, 0.3) is 0 Å². The topological polar surface area (TPSA) is 25.2 Å². The van der Waals surface area contributed by atoms with Gasteiger partial charge in [-0.05, 0) is 25.0 Å². The third kappa shape index (κ3) is 6.25. The molecule has 2 nitrogen and oxygen atoms in total. The molecule has 0 aliphatic carbocycles. The number of rotatable bonds is 10. The van der Waals surface area contributed by atoms with Gasteiger partial charge in [0.05, 0.1) is 6.10 Å². The fourth-order valence-corrected chi connectivity index (χ4v) is 2.27. The number of aromatic nitrogens is 1. The second-order valence-corrected chi connectivity index (χ2v) is 5.33. The van der Waals surface area contributed by atoms with E-state index in [1.807, 2.05) is 13.0 Å². The Balaban J connectivity index is 2.00. The van der Waals surface area contributed by atoms with Crippen molar-refractivity contribution in [3.8, 4) is 0 Å². The predicted octanol–water partition coefficient (Wildman–Crippen LogP) is 4.68. The van der Waals surface area contributed by atoms with Crippen molar-refractivity contribution in [2.24, 2.45) is 0 Å². The van der Waals surface area contributed by atoms with E-state index < -0.39 is 0 Å². The lowest BCUT2D eigenvalue weighted by Gasteiger charge is -2.04. The van der Waals surface area contributed by atoms with Gasteiger partial charge in [-0.25, -0.2) is 0 Å². The van der Waals surface area contributed by atoms with E-state index in [1.165, 1.54) is 51.4 Å². The Labute approximate surface area is 112 Å². The number of nitrogens with zero attached hydrogens (tertiary/aromatic N) is 1. The van der Waals surface area contributed by atoms with E-state index in [2.05, 4.69) is 23.9 Å². The van der Waals surface area contributed by atoms with Gasteiger partial charge in [-0.15, -0.1) is 0 Å². The molecule has 0 aliphatic rings. The number of aryl methyl sites for hydroxylation is 1. The van der Waals surface area contributed by atoms with Crippen LogP contribution in [-0.2, 0) is 6.54 Å². The van der Waals surface area contributed by atoms with Gasteiger partial charge in [0.15, 0.2) is 0 Å². The summed E-state index contributed by atoms with van der Waals surface area (Å²) in [7, 11) is 0. The van der Waals surface area contributed by atoms with Gasteiger partial charge >= 0.3 is 0 Å². The summed E-state index contributed by atoms with van der Waals surface area (Å²) in [4.78, 5) is 0. The van der Waals surface area contributed by atoms with Crippen molar-refractivity contribution < 1.29 is 5.11 Å². The molecule has 1 N–H and O–H groups in total. The minimum atomic E-state index is -0.343. The Morgan fingerprint density at radius 2 is 1.67 bits per heavy atom. The van der Waals surface area contributed by atoms with E-state index in [9.17, 15) is 5.11 Å². The maximum atomic E-state index is 9.44. The first-order valence-electron chi connectivity index (χ1n) is 7.57. The summed E-state index contributed by atoms with van der Waals surface area (Å²) in [6, 6.07) is 2.01. The molecule has 1 aromatic rings. The van der Waals surface area contributed by atoms with Crippen LogP contribution in [0.3, 0.4) is 0 Å². The Morgan fingerprint density at radius 1 is 1.06 bits per heavy atom. The molecule has 0 saturated heterocycles. The van der Waals surface area contributed by atoms with Gasteiger partial charge in [0, 0.05) is 18.9 Å². The summed E-state index contributed by atoms with van der Waals surface area (Å²) >= 11 is 0. The zero-order valence-corrected chi connectivity index (χ0v) is 12.1. The van der Waals surface area contributed by atoms with Crippen LogP contribution >= 0.6 is 0 Å². The van der Waals surface area contributed by atoms with E-state index >= 15 is 0 Å². The maximum Gasteiger partial charge on any atom is 0.0776 e. The Morgan fingerprint density at radius 3 is 2.22 bits per heavy atom. The van der Waals surface area contributed by atoms with Crippen molar-refractivity contribution >= 4 is 0 Å². The van der Waals surface area contributed by atoms with Crippen LogP contribution in [-0.4, -0.2) is 9.67 Å². The smallest absolute Gasteiger partial charge is 0.0776 e. The molecule has 0 spiro atoms. The lowest BCUT2D eigenvalue weighted by molar-refractivity contribution is 0.199. The summed E-state index contributed by atoms with van der Waals surface area (Å²) in [6.45, 7) is 5.16. The second kappa shape index (κ2) is 9.21. The van der Waals surface area contributed by atoms with E-state index in [0.717, 1.165) is 12.1 Å². The summed E-state index contributed by atoms with van der Waals surface area (Å²) in [5, 5.41) is 9.44. The van der Waals surface area contributed by atoms with Crippen LogP contribution in [0.15, 0.2) is 18.5 Å². The molecule has 0 fully saturated rings. The van der Waals surface area contributed by atoms with Gasteiger partial charge in [0.1, 0.15) is 0 Å². The number of aliphatic hydroxyl groups excluding tert-OH is 1. The zero-order chi connectivity index (χ0) is 13.2. The highest BCUT2D eigenvalue weighted by Crippen LogP contribution is 2.13. The summed E-state index contributed by atoms with van der Waals surface area (Å²) in [5.74, 6) is 0. The largest absolute Gasteiger partial charge is 0.389 e. The third-order valence-corrected chi connectivity index (χ3v) is 3.53. The molecule has 0 saturated carbocycles. The standard InChI is InChI=1S/C16H29NO/c1-3-4-5-6-7-8-9-10-12-17-13-11-16(14-17)15(2)18/h11,13-15,18H,3-10,12H2,1-2H3. The molecule has 0 amide bonds. The molecule has 0 bridgehead atoms. The van der Waals surface area contributed by atoms with Crippen LogP contribution < -0.4 is 0 Å². The molecule has 0 aliphatic heterocycles. The number of aliphatic hydroxyl groups is 1. The average Bonchev–Trinajstić information content (AvgIpc) is 2.81. The van der Waals surface area contributed by atoms with E-state index in [-0.39, 0.29) is 6.10 Å². The summed E-state index contributed by atoms with van der Waals surface area (Å²) in [6.07, 6.45) is 14.7. The molecule has 1 unspecified atom stereocenters. The van der Waals surface area contributed by atoms with Crippen molar-refractivity contribution in [2.75, 3.05) is 0 Å². The molecule has 1 atom stereocenters. The van der Waals surface area contributed by atoms with Gasteiger partial charge in [-0.1, -0.05) is 51.9 Å². The fraction of sp³-hybridized carbons (Fsp3) is 0.750.